The Labute approximate surface area is 165 Å². The Bertz CT molecular complexity index is 931. The molecule has 0 saturated heterocycles. The van der Waals surface area contributed by atoms with Gasteiger partial charge >= 0.3 is 0 Å². The van der Waals surface area contributed by atoms with E-state index in [0.717, 1.165) is 35.9 Å². The molecule has 1 aliphatic rings. The van der Waals surface area contributed by atoms with E-state index in [0.29, 0.717) is 6.42 Å². The minimum atomic E-state index is 0.0282. The fourth-order valence-corrected chi connectivity index (χ4v) is 3.79. The zero-order chi connectivity index (χ0) is 19.3. The van der Waals surface area contributed by atoms with Crippen LogP contribution in [-0.2, 0) is 17.8 Å². The highest BCUT2D eigenvalue weighted by molar-refractivity contribution is 5.91. The summed E-state index contributed by atoms with van der Waals surface area (Å²) < 4.78 is 2.24. The molecule has 4 rings (SSSR count). The van der Waals surface area contributed by atoms with Crippen LogP contribution in [0, 0.1) is 0 Å². The van der Waals surface area contributed by atoms with Crippen molar-refractivity contribution in [1.82, 2.24) is 14.8 Å². The molecule has 3 aromatic rings. The highest BCUT2D eigenvalue weighted by Gasteiger charge is 2.16. The van der Waals surface area contributed by atoms with Crippen molar-refractivity contribution >= 4 is 11.6 Å². The van der Waals surface area contributed by atoms with Gasteiger partial charge in [0.15, 0.2) is 5.82 Å². The fraction of sp³-hybridized carbons (Fsp3) is 0.348. The zero-order valence-electron chi connectivity index (χ0n) is 16.3. The Morgan fingerprint density at radius 2 is 1.82 bits per heavy atom. The maximum Gasteiger partial charge on any atom is 0.224 e. The van der Waals surface area contributed by atoms with Crippen LogP contribution in [0.1, 0.15) is 49.9 Å². The van der Waals surface area contributed by atoms with E-state index in [9.17, 15) is 4.79 Å². The van der Waals surface area contributed by atoms with Crippen LogP contribution < -0.4 is 5.32 Å². The van der Waals surface area contributed by atoms with Gasteiger partial charge in [-0.25, -0.2) is 0 Å². The third-order valence-corrected chi connectivity index (χ3v) is 5.40. The molecule has 5 heteroatoms. The summed E-state index contributed by atoms with van der Waals surface area (Å²) >= 11 is 0. The first-order valence-corrected chi connectivity index (χ1v) is 10.1. The predicted octanol–water partition coefficient (Wildman–Crippen LogP) is 4.80. The van der Waals surface area contributed by atoms with Crippen molar-refractivity contribution in [2.45, 2.75) is 51.5 Å². The molecule has 1 aromatic heterocycles. The third kappa shape index (κ3) is 4.14. The van der Waals surface area contributed by atoms with Gasteiger partial charge in [-0.05, 0) is 48.6 Å². The smallest absolute Gasteiger partial charge is 0.224 e. The molecule has 1 atom stereocenters. The largest absolute Gasteiger partial charge is 0.326 e. The molecular formula is C23H26N4O. The number of aromatic nitrogens is 3. The second-order valence-electron chi connectivity index (χ2n) is 7.54. The number of carbonyl (C=O) groups excluding carboxylic acids is 1. The zero-order valence-corrected chi connectivity index (χ0v) is 16.3. The van der Waals surface area contributed by atoms with Crippen LogP contribution in [0.15, 0.2) is 54.6 Å². The molecule has 1 amide bonds. The van der Waals surface area contributed by atoms with Crippen LogP contribution in [0.25, 0.3) is 11.4 Å². The maximum atomic E-state index is 12.4. The number of nitrogens with zero attached hydrogens (tertiary/aromatic N) is 3. The van der Waals surface area contributed by atoms with Crippen LogP contribution in [0.5, 0.6) is 0 Å². The Morgan fingerprint density at radius 3 is 2.61 bits per heavy atom. The van der Waals surface area contributed by atoms with Gasteiger partial charge in [0.1, 0.15) is 5.82 Å². The molecule has 2 aromatic carbocycles. The SMILES string of the molecule is C[C@H](CC(=O)Nc1ccc(-c2nnc3n2CCCCC3)cc1)c1ccccc1. The molecule has 1 aliphatic heterocycles. The Morgan fingerprint density at radius 1 is 1.04 bits per heavy atom. The molecule has 0 radical (unpaired) electrons. The molecule has 144 valence electrons. The molecule has 2 heterocycles. The van der Waals surface area contributed by atoms with E-state index in [1.54, 1.807) is 0 Å². The summed E-state index contributed by atoms with van der Waals surface area (Å²) in [5, 5.41) is 11.8. The first kappa shape index (κ1) is 18.4. The lowest BCUT2D eigenvalue weighted by molar-refractivity contribution is -0.116. The molecule has 0 aliphatic carbocycles. The van der Waals surface area contributed by atoms with Crippen molar-refractivity contribution in [3.63, 3.8) is 0 Å². The predicted molar refractivity (Wildman–Crippen MR) is 111 cm³/mol. The summed E-state index contributed by atoms with van der Waals surface area (Å²) in [6, 6.07) is 18.0. The summed E-state index contributed by atoms with van der Waals surface area (Å²) in [6.07, 6.45) is 5.07. The van der Waals surface area contributed by atoms with Crippen molar-refractivity contribution in [2.75, 3.05) is 5.32 Å². The highest BCUT2D eigenvalue weighted by Crippen LogP contribution is 2.24. The highest BCUT2D eigenvalue weighted by atomic mass is 16.1. The van der Waals surface area contributed by atoms with Gasteiger partial charge in [0, 0.05) is 30.6 Å². The van der Waals surface area contributed by atoms with Crippen LogP contribution in [0.3, 0.4) is 0 Å². The molecular weight excluding hydrogens is 348 g/mol. The van der Waals surface area contributed by atoms with E-state index in [2.05, 4.69) is 39.1 Å². The van der Waals surface area contributed by atoms with E-state index in [1.807, 2.05) is 42.5 Å². The minimum Gasteiger partial charge on any atom is -0.326 e. The third-order valence-electron chi connectivity index (χ3n) is 5.40. The molecule has 0 bridgehead atoms. The normalized spacial score (nSPS) is 14.8. The lowest BCUT2D eigenvalue weighted by atomic mass is 9.97. The van der Waals surface area contributed by atoms with E-state index in [4.69, 9.17) is 0 Å². The molecule has 0 spiro atoms. The minimum absolute atomic E-state index is 0.0282. The van der Waals surface area contributed by atoms with Crippen molar-refractivity contribution in [3.8, 4) is 11.4 Å². The van der Waals surface area contributed by atoms with Crippen molar-refractivity contribution in [3.05, 3.63) is 66.0 Å². The number of hydrogen-bond acceptors (Lipinski definition) is 3. The van der Waals surface area contributed by atoms with Gasteiger partial charge in [-0.1, -0.05) is 43.7 Å². The van der Waals surface area contributed by atoms with Gasteiger partial charge < -0.3 is 9.88 Å². The molecule has 0 saturated carbocycles. The van der Waals surface area contributed by atoms with Crippen LogP contribution in [0.2, 0.25) is 0 Å². The van der Waals surface area contributed by atoms with Gasteiger partial charge in [0.05, 0.1) is 0 Å². The summed E-state index contributed by atoms with van der Waals surface area (Å²) in [5.41, 5.74) is 3.03. The first-order chi connectivity index (χ1) is 13.7. The van der Waals surface area contributed by atoms with Gasteiger partial charge in [-0.3, -0.25) is 4.79 Å². The number of carbonyl (C=O) groups is 1. The first-order valence-electron chi connectivity index (χ1n) is 10.1. The van der Waals surface area contributed by atoms with Gasteiger partial charge in [-0.15, -0.1) is 10.2 Å². The lowest BCUT2D eigenvalue weighted by Gasteiger charge is -2.12. The fourth-order valence-electron chi connectivity index (χ4n) is 3.79. The van der Waals surface area contributed by atoms with Gasteiger partial charge in [0.2, 0.25) is 5.91 Å². The van der Waals surface area contributed by atoms with Gasteiger partial charge in [0.25, 0.3) is 0 Å². The number of amides is 1. The van der Waals surface area contributed by atoms with Crippen molar-refractivity contribution in [2.24, 2.45) is 0 Å². The molecule has 1 N–H and O–H groups in total. The number of aryl methyl sites for hydroxylation is 1. The summed E-state index contributed by atoms with van der Waals surface area (Å²) in [6.45, 7) is 3.06. The summed E-state index contributed by atoms with van der Waals surface area (Å²) in [4.78, 5) is 12.4. The molecule has 0 unspecified atom stereocenters. The van der Waals surface area contributed by atoms with Crippen molar-refractivity contribution in [1.29, 1.82) is 0 Å². The van der Waals surface area contributed by atoms with E-state index in [1.165, 1.54) is 24.8 Å². The Kier molecular flexibility index (Phi) is 5.51. The topological polar surface area (TPSA) is 59.8 Å². The van der Waals surface area contributed by atoms with Crippen molar-refractivity contribution < 1.29 is 4.79 Å². The quantitative estimate of drug-likeness (QED) is 0.697. The number of anilines is 1. The number of nitrogens with one attached hydrogen (secondary N) is 1. The second kappa shape index (κ2) is 8.38. The Balaban J connectivity index is 1.41. The summed E-state index contributed by atoms with van der Waals surface area (Å²) in [7, 11) is 0. The number of fused-ring (bicyclic) bond motifs is 1. The van der Waals surface area contributed by atoms with E-state index < -0.39 is 0 Å². The van der Waals surface area contributed by atoms with E-state index >= 15 is 0 Å². The molecule has 5 nitrogen and oxygen atoms in total. The van der Waals surface area contributed by atoms with Crippen LogP contribution in [-0.4, -0.2) is 20.7 Å². The van der Waals surface area contributed by atoms with Gasteiger partial charge in [-0.2, -0.15) is 0 Å². The maximum absolute atomic E-state index is 12.4. The molecule has 28 heavy (non-hydrogen) atoms. The number of hydrogen-bond donors (Lipinski definition) is 1. The monoisotopic (exact) mass is 374 g/mol. The van der Waals surface area contributed by atoms with Crippen LogP contribution >= 0.6 is 0 Å². The van der Waals surface area contributed by atoms with Crippen LogP contribution in [0.4, 0.5) is 5.69 Å². The molecule has 0 fully saturated rings. The van der Waals surface area contributed by atoms with E-state index in [-0.39, 0.29) is 11.8 Å². The average molecular weight is 374 g/mol. The number of rotatable bonds is 5. The number of benzene rings is 2. The standard InChI is InChI=1S/C23H26N4O/c1-17(18-8-4-2-5-9-18)16-22(28)24-20-13-11-19(12-14-20)23-26-25-21-10-6-3-7-15-27(21)23/h2,4-5,8-9,11-14,17H,3,6-7,10,15-16H2,1H3,(H,24,28)/t17-/m1/s1. The summed E-state index contributed by atoms with van der Waals surface area (Å²) in [5.74, 6) is 2.22. The average Bonchev–Trinajstić information content (AvgIpc) is 2.97. The second-order valence-corrected chi connectivity index (χ2v) is 7.54. The Hall–Kier alpha value is -2.95. The lowest BCUT2D eigenvalue weighted by Crippen LogP contribution is -2.14.